The Kier molecular flexibility index (Phi) is 5.54. The third-order valence-corrected chi connectivity index (χ3v) is 5.82. The van der Waals surface area contributed by atoms with Crippen molar-refractivity contribution in [1.82, 2.24) is 10.2 Å². The second kappa shape index (κ2) is 7.64. The van der Waals surface area contributed by atoms with Crippen LogP contribution in [-0.4, -0.2) is 37.0 Å². The van der Waals surface area contributed by atoms with Crippen LogP contribution in [0.5, 0.6) is 0 Å². The number of halogens is 1. The number of nitrogens with one attached hydrogen (secondary N) is 1. The number of carbonyl (C=O) groups excluding carboxylic acids is 1. The van der Waals surface area contributed by atoms with Crippen LogP contribution in [0.4, 0.5) is 0 Å². The third kappa shape index (κ3) is 3.48. The van der Waals surface area contributed by atoms with Crippen molar-refractivity contribution in [3.63, 3.8) is 0 Å². The maximum atomic E-state index is 12.8. The van der Waals surface area contributed by atoms with Gasteiger partial charge in [0.15, 0.2) is 5.76 Å². The molecule has 0 spiro atoms. The smallest absolute Gasteiger partial charge is 0.289 e. The first-order chi connectivity index (χ1) is 11.3. The van der Waals surface area contributed by atoms with Gasteiger partial charge in [-0.25, -0.2) is 0 Å². The van der Waals surface area contributed by atoms with Crippen molar-refractivity contribution >= 4 is 30.1 Å². The van der Waals surface area contributed by atoms with Crippen LogP contribution in [0.2, 0.25) is 0 Å². The predicted octanol–water partition coefficient (Wildman–Crippen LogP) is 3.29. The zero-order chi connectivity index (χ0) is 15.6. The van der Waals surface area contributed by atoms with Gasteiger partial charge in [-0.15, -0.1) is 24.2 Å². The van der Waals surface area contributed by atoms with E-state index in [2.05, 4.69) is 17.4 Å². The number of hydrogen-bond donors (Lipinski definition) is 1. The minimum absolute atomic E-state index is 0. The summed E-state index contributed by atoms with van der Waals surface area (Å²) in [7, 11) is 0. The molecule has 2 aromatic rings. The van der Waals surface area contributed by atoms with E-state index in [1.807, 2.05) is 29.2 Å². The summed E-state index contributed by atoms with van der Waals surface area (Å²) in [6.45, 7) is 3.76. The van der Waals surface area contributed by atoms with Gasteiger partial charge in [0.25, 0.3) is 5.91 Å². The van der Waals surface area contributed by atoms with E-state index >= 15 is 0 Å². The van der Waals surface area contributed by atoms with Crippen molar-refractivity contribution in [3.8, 4) is 0 Å². The number of nitrogens with zero attached hydrogens (tertiary/aromatic N) is 1. The van der Waals surface area contributed by atoms with Gasteiger partial charge in [0.1, 0.15) is 0 Å². The maximum absolute atomic E-state index is 12.8. The van der Waals surface area contributed by atoms with Gasteiger partial charge in [-0.2, -0.15) is 0 Å². The lowest BCUT2D eigenvalue weighted by atomic mass is 10.0. The first-order valence-corrected chi connectivity index (χ1v) is 9.04. The molecule has 0 saturated carbocycles. The van der Waals surface area contributed by atoms with Crippen LogP contribution in [0, 0.1) is 11.8 Å². The minimum atomic E-state index is 0. The number of amides is 1. The fourth-order valence-corrected chi connectivity index (χ4v) is 4.38. The number of carbonyl (C=O) groups is 1. The summed E-state index contributed by atoms with van der Waals surface area (Å²) in [6.07, 6.45) is 1.63. The van der Waals surface area contributed by atoms with Crippen molar-refractivity contribution in [2.24, 2.45) is 11.8 Å². The fourth-order valence-electron chi connectivity index (χ4n) is 3.48. The Morgan fingerprint density at radius 3 is 2.58 bits per heavy atom. The molecule has 0 bridgehead atoms. The van der Waals surface area contributed by atoms with Crippen LogP contribution in [0.15, 0.2) is 52.0 Å². The summed E-state index contributed by atoms with van der Waals surface area (Å²) in [5.74, 6) is 2.53. The van der Waals surface area contributed by atoms with Gasteiger partial charge in [-0.05, 0) is 30.0 Å². The third-order valence-electron chi connectivity index (χ3n) is 4.76. The summed E-state index contributed by atoms with van der Waals surface area (Å²) in [6, 6.07) is 12.2. The number of rotatable bonds is 4. The second-order valence-corrected chi connectivity index (χ2v) is 7.31. The van der Waals surface area contributed by atoms with E-state index in [0.717, 1.165) is 37.5 Å². The zero-order valence-electron chi connectivity index (χ0n) is 13.3. The molecule has 0 unspecified atom stereocenters. The summed E-state index contributed by atoms with van der Waals surface area (Å²) in [5, 5.41) is 3.40. The lowest BCUT2D eigenvalue weighted by Gasteiger charge is -2.16. The maximum Gasteiger partial charge on any atom is 0.289 e. The molecule has 2 aliphatic rings. The molecular formula is C18H21ClN2O2S. The Bertz CT molecular complexity index is 679. The SMILES string of the molecule is Cl.O=C(c1occc1CSc1ccccc1)N1C[C@H]2CNC[C@H]2C1. The highest BCUT2D eigenvalue weighted by molar-refractivity contribution is 7.98. The molecule has 128 valence electrons. The average molecular weight is 365 g/mol. The molecule has 4 rings (SSSR count). The van der Waals surface area contributed by atoms with E-state index in [9.17, 15) is 4.79 Å². The van der Waals surface area contributed by atoms with Gasteiger partial charge in [0, 0.05) is 42.4 Å². The number of furan rings is 1. The Morgan fingerprint density at radius 2 is 1.88 bits per heavy atom. The summed E-state index contributed by atoms with van der Waals surface area (Å²) >= 11 is 1.73. The summed E-state index contributed by atoms with van der Waals surface area (Å²) < 4.78 is 5.53. The molecule has 0 radical (unpaired) electrons. The second-order valence-electron chi connectivity index (χ2n) is 6.27. The predicted molar refractivity (Wildman–Crippen MR) is 97.7 cm³/mol. The molecule has 24 heavy (non-hydrogen) atoms. The lowest BCUT2D eigenvalue weighted by molar-refractivity contribution is 0.0749. The molecule has 2 fully saturated rings. The monoisotopic (exact) mass is 364 g/mol. The molecule has 3 heterocycles. The molecule has 6 heteroatoms. The van der Waals surface area contributed by atoms with E-state index in [1.54, 1.807) is 18.0 Å². The fraction of sp³-hybridized carbons (Fsp3) is 0.389. The Labute approximate surface area is 152 Å². The molecule has 4 nitrogen and oxygen atoms in total. The van der Waals surface area contributed by atoms with E-state index in [0.29, 0.717) is 17.6 Å². The Morgan fingerprint density at radius 1 is 1.17 bits per heavy atom. The Hall–Kier alpha value is -1.43. The molecular weight excluding hydrogens is 344 g/mol. The first kappa shape index (κ1) is 17.4. The number of hydrogen-bond acceptors (Lipinski definition) is 4. The molecule has 2 saturated heterocycles. The van der Waals surface area contributed by atoms with E-state index < -0.39 is 0 Å². The highest BCUT2D eigenvalue weighted by atomic mass is 35.5. The zero-order valence-corrected chi connectivity index (χ0v) is 14.9. The minimum Gasteiger partial charge on any atom is -0.459 e. The lowest BCUT2D eigenvalue weighted by Crippen LogP contribution is -2.32. The number of thioether (sulfide) groups is 1. The Balaban J connectivity index is 0.00000169. The molecule has 1 amide bonds. The van der Waals surface area contributed by atoms with Crippen LogP contribution in [0.25, 0.3) is 0 Å². The van der Waals surface area contributed by atoms with Gasteiger partial charge < -0.3 is 14.6 Å². The van der Waals surface area contributed by atoms with E-state index in [4.69, 9.17) is 4.42 Å². The van der Waals surface area contributed by atoms with Crippen molar-refractivity contribution in [1.29, 1.82) is 0 Å². The van der Waals surface area contributed by atoms with E-state index in [-0.39, 0.29) is 18.3 Å². The van der Waals surface area contributed by atoms with Crippen molar-refractivity contribution in [2.75, 3.05) is 26.2 Å². The quantitative estimate of drug-likeness (QED) is 0.845. The molecule has 1 N–H and O–H groups in total. The van der Waals surface area contributed by atoms with Crippen LogP contribution in [0.1, 0.15) is 16.1 Å². The summed E-state index contributed by atoms with van der Waals surface area (Å²) in [5.41, 5.74) is 0.985. The first-order valence-electron chi connectivity index (χ1n) is 8.05. The molecule has 2 atom stereocenters. The van der Waals surface area contributed by atoms with Crippen LogP contribution in [-0.2, 0) is 5.75 Å². The van der Waals surface area contributed by atoms with Gasteiger partial charge in [0.2, 0.25) is 0 Å². The molecule has 1 aromatic heterocycles. The highest BCUT2D eigenvalue weighted by Crippen LogP contribution is 2.30. The van der Waals surface area contributed by atoms with Gasteiger partial charge >= 0.3 is 0 Å². The topological polar surface area (TPSA) is 45.5 Å². The number of fused-ring (bicyclic) bond motifs is 1. The van der Waals surface area contributed by atoms with Gasteiger partial charge in [-0.3, -0.25) is 4.79 Å². The van der Waals surface area contributed by atoms with Crippen molar-refractivity contribution in [3.05, 3.63) is 54.0 Å². The normalized spacial score (nSPS) is 22.2. The van der Waals surface area contributed by atoms with Crippen molar-refractivity contribution in [2.45, 2.75) is 10.6 Å². The number of benzene rings is 1. The van der Waals surface area contributed by atoms with Crippen LogP contribution < -0.4 is 5.32 Å². The van der Waals surface area contributed by atoms with Crippen molar-refractivity contribution < 1.29 is 9.21 Å². The largest absolute Gasteiger partial charge is 0.459 e. The van der Waals surface area contributed by atoms with Gasteiger partial charge in [-0.1, -0.05) is 18.2 Å². The molecule has 2 aliphatic heterocycles. The summed E-state index contributed by atoms with van der Waals surface area (Å²) in [4.78, 5) is 15.9. The standard InChI is InChI=1S/C18H20N2O2S.ClH/c21-18(20-10-14-8-19-9-15(14)11-20)17-13(6-7-22-17)12-23-16-4-2-1-3-5-16;/h1-7,14-15,19H,8-12H2;1H/t14-,15+;. The van der Waals surface area contributed by atoms with Gasteiger partial charge in [0.05, 0.1) is 6.26 Å². The van der Waals surface area contributed by atoms with Crippen LogP contribution in [0.3, 0.4) is 0 Å². The molecule has 1 aromatic carbocycles. The van der Waals surface area contributed by atoms with Crippen LogP contribution >= 0.6 is 24.2 Å². The average Bonchev–Trinajstić information content (AvgIpc) is 3.28. The van der Waals surface area contributed by atoms with E-state index in [1.165, 1.54) is 4.90 Å². The number of likely N-dealkylation sites (tertiary alicyclic amines) is 1. The highest BCUT2D eigenvalue weighted by Gasteiger charge is 2.39. The molecule has 0 aliphatic carbocycles.